The van der Waals surface area contributed by atoms with Crippen LogP contribution in [0.2, 0.25) is 0 Å². The average molecular weight is 306 g/mol. The first-order chi connectivity index (χ1) is 10.9. The molecule has 0 spiro atoms. The van der Waals surface area contributed by atoms with E-state index in [0.717, 1.165) is 0 Å². The minimum Gasteiger partial charge on any atom is -0.371 e. The van der Waals surface area contributed by atoms with Crippen LogP contribution in [-0.2, 0) is 4.79 Å². The van der Waals surface area contributed by atoms with Gasteiger partial charge in [-0.05, 0) is 5.56 Å². The van der Waals surface area contributed by atoms with E-state index < -0.39 is 34.3 Å². The van der Waals surface area contributed by atoms with Gasteiger partial charge in [0.15, 0.2) is 10.8 Å². The molecule has 1 aromatic rings. The third kappa shape index (κ3) is 1.50. The van der Waals surface area contributed by atoms with Gasteiger partial charge in [0.25, 0.3) is 0 Å². The Morgan fingerprint density at radius 3 is 2.30 bits per heavy atom. The van der Waals surface area contributed by atoms with Crippen molar-refractivity contribution in [1.82, 2.24) is 5.32 Å². The molecule has 1 saturated carbocycles. The fourth-order valence-electron chi connectivity index (χ4n) is 4.09. The molecular weight excluding hydrogens is 292 g/mol. The summed E-state index contributed by atoms with van der Waals surface area (Å²) in [6.45, 7) is 1.53. The number of benzene rings is 1. The highest BCUT2D eigenvalue weighted by molar-refractivity contribution is 5.92. The van der Waals surface area contributed by atoms with E-state index >= 15 is 0 Å². The first-order valence-electron chi connectivity index (χ1n) is 7.25. The van der Waals surface area contributed by atoms with Gasteiger partial charge in [-0.15, -0.1) is 0 Å². The molecule has 0 aromatic heterocycles. The van der Waals surface area contributed by atoms with Crippen LogP contribution >= 0.6 is 0 Å². The average Bonchev–Trinajstić information content (AvgIpc) is 2.71. The Kier molecular flexibility index (Phi) is 2.98. The number of carbonyl (C=O) groups excluding carboxylic acids is 1. The first-order valence-corrected chi connectivity index (χ1v) is 7.25. The molecule has 6 nitrogen and oxygen atoms in total. The highest BCUT2D eigenvalue weighted by Gasteiger charge is 2.77. The predicted octanol–water partition coefficient (Wildman–Crippen LogP) is 1.17. The van der Waals surface area contributed by atoms with E-state index in [9.17, 15) is 25.7 Å². The summed E-state index contributed by atoms with van der Waals surface area (Å²) in [5.74, 6) is -2.37. The van der Waals surface area contributed by atoms with Crippen molar-refractivity contribution < 1.29 is 9.90 Å². The van der Waals surface area contributed by atoms with Crippen LogP contribution in [0.15, 0.2) is 30.3 Å². The Hall–Kier alpha value is -2.88. The molecule has 1 saturated heterocycles. The van der Waals surface area contributed by atoms with Gasteiger partial charge in [0.1, 0.15) is 5.72 Å². The van der Waals surface area contributed by atoms with Gasteiger partial charge < -0.3 is 10.4 Å². The van der Waals surface area contributed by atoms with Crippen molar-refractivity contribution in [2.24, 2.45) is 16.7 Å². The normalized spacial score (nSPS) is 37.1. The second-order valence-corrected chi connectivity index (χ2v) is 6.22. The van der Waals surface area contributed by atoms with Gasteiger partial charge >= 0.3 is 0 Å². The number of nitriles is 3. The van der Waals surface area contributed by atoms with E-state index in [1.54, 1.807) is 30.3 Å². The fourth-order valence-corrected chi connectivity index (χ4v) is 4.09. The summed E-state index contributed by atoms with van der Waals surface area (Å²) in [5.41, 5.74) is -4.74. The van der Waals surface area contributed by atoms with Crippen LogP contribution in [0.5, 0.6) is 0 Å². The maximum absolute atomic E-state index is 12.5. The molecule has 1 amide bonds. The smallest absolute Gasteiger partial charge is 0.245 e. The van der Waals surface area contributed by atoms with Crippen molar-refractivity contribution in [2.45, 2.75) is 25.0 Å². The number of hydrogen-bond acceptors (Lipinski definition) is 5. The fraction of sp³-hybridized carbons (Fsp3) is 0.412. The van der Waals surface area contributed by atoms with Crippen LogP contribution < -0.4 is 5.32 Å². The van der Waals surface area contributed by atoms with Crippen LogP contribution in [-0.4, -0.2) is 16.7 Å². The molecule has 1 aromatic carbocycles. The van der Waals surface area contributed by atoms with E-state index in [4.69, 9.17) is 0 Å². The molecule has 3 rings (SSSR count). The minimum absolute atomic E-state index is 0.00840. The van der Waals surface area contributed by atoms with Gasteiger partial charge in [-0.1, -0.05) is 37.3 Å². The Bertz CT molecular complexity index is 787. The van der Waals surface area contributed by atoms with Gasteiger partial charge in [-0.3, -0.25) is 4.79 Å². The lowest BCUT2D eigenvalue weighted by Crippen LogP contribution is -2.57. The summed E-state index contributed by atoms with van der Waals surface area (Å²) in [4.78, 5) is 12.5. The SMILES string of the molecule is C[C@H]1[C@]2(O)C[C@H](c3ccccc3)C(C#N)(C#N)[C@]1(C#N)C(=O)N2. The van der Waals surface area contributed by atoms with E-state index in [2.05, 4.69) is 5.32 Å². The molecule has 0 radical (unpaired) electrons. The molecule has 1 heterocycles. The van der Waals surface area contributed by atoms with Crippen molar-refractivity contribution in [3.05, 3.63) is 35.9 Å². The second kappa shape index (κ2) is 4.56. The van der Waals surface area contributed by atoms with Crippen molar-refractivity contribution >= 4 is 5.91 Å². The molecule has 4 atom stereocenters. The number of carbonyl (C=O) groups is 1. The summed E-state index contributed by atoms with van der Waals surface area (Å²) in [6.07, 6.45) is 0.00840. The summed E-state index contributed by atoms with van der Waals surface area (Å²) in [6, 6.07) is 14.6. The zero-order chi connectivity index (χ0) is 16.9. The summed E-state index contributed by atoms with van der Waals surface area (Å²) in [5, 5.41) is 42.7. The Morgan fingerprint density at radius 1 is 1.17 bits per heavy atom. The zero-order valence-corrected chi connectivity index (χ0v) is 12.4. The minimum atomic E-state index is -1.91. The van der Waals surface area contributed by atoms with Gasteiger partial charge in [-0.2, -0.15) is 15.8 Å². The lowest BCUT2D eigenvalue weighted by Gasteiger charge is -2.48. The zero-order valence-electron chi connectivity index (χ0n) is 12.4. The van der Waals surface area contributed by atoms with Crippen LogP contribution in [0.4, 0.5) is 0 Å². The van der Waals surface area contributed by atoms with Crippen molar-refractivity contribution in [2.75, 3.05) is 0 Å². The highest BCUT2D eigenvalue weighted by atomic mass is 16.3. The van der Waals surface area contributed by atoms with Crippen molar-refractivity contribution in [3.63, 3.8) is 0 Å². The van der Waals surface area contributed by atoms with Gasteiger partial charge in [-0.25, -0.2) is 0 Å². The van der Waals surface area contributed by atoms with Gasteiger partial charge in [0.05, 0.1) is 18.2 Å². The summed E-state index contributed by atoms with van der Waals surface area (Å²) >= 11 is 0. The lowest BCUT2D eigenvalue weighted by atomic mass is 9.48. The highest BCUT2D eigenvalue weighted by Crippen LogP contribution is 2.64. The van der Waals surface area contributed by atoms with Crippen LogP contribution in [0.25, 0.3) is 0 Å². The van der Waals surface area contributed by atoms with E-state index in [-0.39, 0.29) is 6.42 Å². The number of aliphatic hydroxyl groups is 1. The Labute approximate surface area is 133 Å². The number of nitrogens with zero attached hydrogens (tertiary/aromatic N) is 3. The van der Waals surface area contributed by atoms with E-state index in [1.165, 1.54) is 6.92 Å². The summed E-state index contributed by atoms with van der Waals surface area (Å²) in [7, 11) is 0. The molecule has 114 valence electrons. The number of hydrogen-bond donors (Lipinski definition) is 2. The maximum atomic E-state index is 12.5. The van der Waals surface area contributed by atoms with Gasteiger partial charge in [0, 0.05) is 18.3 Å². The number of amides is 1. The molecule has 6 heteroatoms. The first kappa shape index (κ1) is 15.0. The third-order valence-corrected chi connectivity index (χ3v) is 5.45. The van der Waals surface area contributed by atoms with Gasteiger partial charge in [0.2, 0.25) is 5.91 Å². The second-order valence-electron chi connectivity index (χ2n) is 6.22. The van der Waals surface area contributed by atoms with Crippen LogP contribution in [0.3, 0.4) is 0 Å². The van der Waals surface area contributed by atoms with E-state index in [0.29, 0.717) is 5.56 Å². The standard InChI is InChI=1S/C17H14N4O2/c1-11-16(10-20)14(22)21-17(11,23)7-13(15(16,8-18)9-19)12-5-3-2-4-6-12/h2-6,11,13,23H,7H2,1H3,(H,21,22)/t11-,13-,16+,17-/m1/s1. The van der Waals surface area contributed by atoms with Crippen molar-refractivity contribution in [1.29, 1.82) is 15.8 Å². The maximum Gasteiger partial charge on any atom is 0.245 e. The van der Waals surface area contributed by atoms with Crippen LogP contribution in [0.1, 0.15) is 24.8 Å². The molecule has 23 heavy (non-hydrogen) atoms. The number of fused-ring (bicyclic) bond motifs is 2. The van der Waals surface area contributed by atoms with Crippen LogP contribution in [0, 0.1) is 50.7 Å². The molecule has 2 bridgehead atoms. The summed E-state index contributed by atoms with van der Waals surface area (Å²) < 4.78 is 0. The van der Waals surface area contributed by atoms with E-state index in [1.807, 2.05) is 18.2 Å². The Morgan fingerprint density at radius 2 is 1.78 bits per heavy atom. The molecular formula is C17H14N4O2. The third-order valence-electron chi connectivity index (χ3n) is 5.45. The Balaban J connectivity index is 2.34. The molecule has 1 aliphatic heterocycles. The predicted molar refractivity (Wildman–Crippen MR) is 77.8 cm³/mol. The molecule has 2 N–H and O–H groups in total. The quantitative estimate of drug-likeness (QED) is 0.806. The molecule has 2 fully saturated rings. The number of rotatable bonds is 1. The monoisotopic (exact) mass is 306 g/mol. The van der Waals surface area contributed by atoms with Crippen molar-refractivity contribution in [3.8, 4) is 18.2 Å². The largest absolute Gasteiger partial charge is 0.371 e. The number of nitrogens with one attached hydrogen (secondary N) is 1. The molecule has 1 aliphatic carbocycles. The molecule has 2 aliphatic rings. The lowest BCUT2D eigenvalue weighted by molar-refractivity contribution is -0.130. The topological polar surface area (TPSA) is 121 Å². The molecule has 0 unspecified atom stereocenters.